The summed E-state index contributed by atoms with van der Waals surface area (Å²) in [6, 6.07) is 10.8. The van der Waals surface area contributed by atoms with E-state index in [2.05, 4.69) is 0 Å². The minimum Gasteiger partial charge on any atom is -0.289 e. The first kappa shape index (κ1) is 18.0. The number of carbonyl (C=O) groups is 1. The maximum absolute atomic E-state index is 12.6. The maximum atomic E-state index is 12.6. The van der Waals surface area contributed by atoms with Crippen molar-refractivity contribution >= 4 is 27.4 Å². The van der Waals surface area contributed by atoms with E-state index in [4.69, 9.17) is 0 Å². The quantitative estimate of drug-likeness (QED) is 0.465. The molecule has 2 aromatic carbocycles. The molecule has 0 radical (unpaired) electrons. The molecule has 2 aromatic rings. The zero-order chi connectivity index (χ0) is 19.1. The highest BCUT2D eigenvalue weighted by Crippen LogP contribution is 2.31. The van der Waals surface area contributed by atoms with Gasteiger partial charge >= 0.3 is 0 Å². The number of nitro benzene ring substituents is 1. The van der Waals surface area contributed by atoms with E-state index in [9.17, 15) is 23.3 Å². The Balaban J connectivity index is 2.11. The lowest BCUT2D eigenvalue weighted by atomic mass is 9.97. The van der Waals surface area contributed by atoms with Crippen LogP contribution in [0.2, 0.25) is 0 Å². The molecule has 134 valence electrons. The van der Waals surface area contributed by atoms with Gasteiger partial charge in [-0.3, -0.25) is 14.9 Å². The first-order valence-electron chi connectivity index (χ1n) is 8.06. The lowest BCUT2D eigenvalue weighted by Crippen LogP contribution is -2.24. The summed E-state index contributed by atoms with van der Waals surface area (Å²) < 4.78 is 24.9. The van der Waals surface area contributed by atoms with E-state index in [0.29, 0.717) is 11.1 Å². The van der Waals surface area contributed by atoms with Crippen molar-refractivity contribution in [3.63, 3.8) is 0 Å². The number of rotatable bonds is 3. The Hall–Kier alpha value is -2.80. The Morgan fingerprint density at radius 2 is 1.85 bits per heavy atom. The van der Waals surface area contributed by atoms with Gasteiger partial charge in [0.15, 0.2) is 15.6 Å². The number of nitrogens with zero attached hydrogens (tertiary/aromatic N) is 1. The molecule has 0 aromatic heterocycles. The van der Waals surface area contributed by atoms with E-state index >= 15 is 0 Å². The minimum atomic E-state index is -3.62. The van der Waals surface area contributed by atoms with E-state index in [0.717, 1.165) is 0 Å². The van der Waals surface area contributed by atoms with Gasteiger partial charge in [-0.05, 0) is 29.7 Å². The van der Waals surface area contributed by atoms with E-state index < -0.39 is 20.5 Å². The zero-order valence-corrected chi connectivity index (χ0v) is 15.1. The Bertz CT molecular complexity index is 1050. The van der Waals surface area contributed by atoms with Crippen LogP contribution in [0.5, 0.6) is 0 Å². The number of carbonyl (C=O) groups excluding carboxylic acids is 1. The molecule has 1 aliphatic heterocycles. The Kier molecular flexibility index (Phi) is 4.50. The van der Waals surface area contributed by atoms with Crippen molar-refractivity contribution in [2.45, 2.75) is 24.7 Å². The van der Waals surface area contributed by atoms with E-state index in [1.165, 1.54) is 24.3 Å². The third-order valence-electron chi connectivity index (χ3n) is 4.32. The van der Waals surface area contributed by atoms with Crippen molar-refractivity contribution in [2.75, 3.05) is 5.75 Å². The molecular formula is C19H17NO5S. The van der Waals surface area contributed by atoms with Crippen LogP contribution in [-0.2, 0) is 9.84 Å². The summed E-state index contributed by atoms with van der Waals surface area (Å²) in [5, 5.41) is 11.3. The summed E-state index contributed by atoms with van der Waals surface area (Å²) in [7, 11) is -3.62. The lowest BCUT2D eigenvalue weighted by molar-refractivity contribution is -0.385. The van der Waals surface area contributed by atoms with Gasteiger partial charge in [-0.1, -0.05) is 38.1 Å². The summed E-state index contributed by atoms with van der Waals surface area (Å²) in [5.41, 5.74) is 1.22. The summed E-state index contributed by atoms with van der Waals surface area (Å²) >= 11 is 0. The van der Waals surface area contributed by atoms with Crippen LogP contribution in [0, 0.1) is 10.1 Å². The molecule has 0 unspecified atom stereocenters. The average Bonchev–Trinajstić information content (AvgIpc) is 2.59. The van der Waals surface area contributed by atoms with Gasteiger partial charge in [-0.25, -0.2) is 8.42 Å². The number of sulfone groups is 1. The van der Waals surface area contributed by atoms with Gasteiger partial charge in [-0.2, -0.15) is 0 Å². The molecule has 0 saturated heterocycles. The van der Waals surface area contributed by atoms with Crippen molar-refractivity contribution in [3.05, 3.63) is 74.8 Å². The molecule has 0 amide bonds. The lowest BCUT2D eigenvalue weighted by Gasteiger charge is -2.17. The van der Waals surface area contributed by atoms with Crippen LogP contribution in [0.4, 0.5) is 5.69 Å². The summed E-state index contributed by atoms with van der Waals surface area (Å²) in [4.78, 5) is 23.5. The van der Waals surface area contributed by atoms with Crippen LogP contribution >= 0.6 is 0 Å². The standard InChI is InChI=1S/C19H17NO5S/c1-12(2)15-8-7-13(10-17(15)20(22)23)9-14-11-26(24,25)18-6-4-3-5-16(18)19(14)21/h3-10,12H,11H2,1-2H3/b14-9-. The molecule has 3 rings (SSSR count). The Morgan fingerprint density at radius 3 is 2.50 bits per heavy atom. The fourth-order valence-corrected chi connectivity index (χ4v) is 4.61. The number of nitro groups is 1. The zero-order valence-electron chi connectivity index (χ0n) is 14.3. The van der Waals surface area contributed by atoms with Gasteiger partial charge in [0.1, 0.15) is 0 Å². The SMILES string of the molecule is CC(C)c1ccc(/C=C2/CS(=O)(=O)c3ccccc3C2=O)cc1[N+](=O)[O-]. The summed E-state index contributed by atoms with van der Waals surface area (Å²) in [6.07, 6.45) is 1.42. The number of benzene rings is 2. The molecule has 7 heteroatoms. The van der Waals surface area contributed by atoms with Gasteiger partial charge in [0.25, 0.3) is 5.69 Å². The molecule has 6 nitrogen and oxygen atoms in total. The summed E-state index contributed by atoms with van der Waals surface area (Å²) in [5.74, 6) is -0.811. The van der Waals surface area contributed by atoms with Crippen LogP contribution in [0.25, 0.3) is 6.08 Å². The van der Waals surface area contributed by atoms with Gasteiger partial charge in [0, 0.05) is 22.8 Å². The second-order valence-electron chi connectivity index (χ2n) is 6.48. The monoisotopic (exact) mass is 371 g/mol. The van der Waals surface area contributed by atoms with Crippen molar-refractivity contribution in [1.29, 1.82) is 0 Å². The van der Waals surface area contributed by atoms with Gasteiger partial charge in [-0.15, -0.1) is 0 Å². The molecule has 0 atom stereocenters. The molecule has 1 aliphatic rings. The van der Waals surface area contributed by atoms with Gasteiger partial charge in [0.05, 0.1) is 15.6 Å². The van der Waals surface area contributed by atoms with E-state index in [1.54, 1.807) is 24.3 Å². The fraction of sp³-hybridized carbons (Fsp3) is 0.211. The van der Waals surface area contributed by atoms with Crippen molar-refractivity contribution in [3.8, 4) is 0 Å². The van der Waals surface area contributed by atoms with Gasteiger partial charge < -0.3 is 0 Å². The summed E-state index contributed by atoms with van der Waals surface area (Å²) in [6.45, 7) is 3.71. The smallest absolute Gasteiger partial charge is 0.273 e. The van der Waals surface area contributed by atoms with Crippen molar-refractivity contribution in [1.82, 2.24) is 0 Å². The van der Waals surface area contributed by atoms with Crippen LogP contribution in [0.15, 0.2) is 52.9 Å². The minimum absolute atomic E-state index is 0.0272. The molecule has 0 aliphatic carbocycles. The van der Waals surface area contributed by atoms with Crippen molar-refractivity contribution in [2.24, 2.45) is 0 Å². The third-order valence-corrected chi connectivity index (χ3v) is 6.04. The molecule has 1 heterocycles. The average molecular weight is 371 g/mol. The number of Topliss-reactive ketones (excluding diaryl/α,β-unsaturated/α-hetero) is 1. The first-order chi connectivity index (χ1) is 12.2. The second kappa shape index (κ2) is 6.49. The molecule has 0 bridgehead atoms. The highest BCUT2D eigenvalue weighted by Gasteiger charge is 2.32. The number of fused-ring (bicyclic) bond motifs is 1. The fourth-order valence-electron chi connectivity index (χ4n) is 3.05. The number of hydrogen-bond acceptors (Lipinski definition) is 5. The normalized spacial score (nSPS) is 17.3. The van der Waals surface area contributed by atoms with E-state index in [1.807, 2.05) is 13.8 Å². The predicted molar refractivity (Wildman–Crippen MR) is 98.0 cm³/mol. The van der Waals surface area contributed by atoms with E-state index in [-0.39, 0.29) is 33.4 Å². The largest absolute Gasteiger partial charge is 0.289 e. The molecular weight excluding hydrogens is 354 g/mol. The molecule has 0 spiro atoms. The third kappa shape index (κ3) is 3.17. The number of ketones is 1. The molecule has 0 N–H and O–H groups in total. The highest BCUT2D eigenvalue weighted by atomic mass is 32.2. The number of hydrogen-bond donors (Lipinski definition) is 0. The van der Waals surface area contributed by atoms with Crippen LogP contribution < -0.4 is 0 Å². The highest BCUT2D eigenvalue weighted by molar-refractivity contribution is 7.91. The topological polar surface area (TPSA) is 94.3 Å². The molecule has 0 fully saturated rings. The van der Waals surface area contributed by atoms with Gasteiger partial charge in [0.2, 0.25) is 0 Å². The molecule has 0 saturated carbocycles. The van der Waals surface area contributed by atoms with Crippen molar-refractivity contribution < 1.29 is 18.1 Å². The van der Waals surface area contributed by atoms with Crippen LogP contribution in [0.1, 0.15) is 41.3 Å². The Labute approximate surface area is 151 Å². The van der Waals surface area contributed by atoms with Crippen LogP contribution in [-0.4, -0.2) is 24.9 Å². The van der Waals surface area contributed by atoms with Crippen LogP contribution in [0.3, 0.4) is 0 Å². The Morgan fingerprint density at radius 1 is 1.15 bits per heavy atom. The first-order valence-corrected chi connectivity index (χ1v) is 9.71. The predicted octanol–water partition coefficient (Wildman–Crippen LogP) is 3.77. The maximum Gasteiger partial charge on any atom is 0.273 e. The molecule has 26 heavy (non-hydrogen) atoms. The second-order valence-corrected chi connectivity index (χ2v) is 8.44.